The Morgan fingerprint density at radius 2 is 2.23 bits per heavy atom. The molecular formula is C7H9ClO3S2. The van der Waals surface area contributed by atoms with E-state index in [4.69, 9.17) is 15.4 Å². The van der Waals surface area contributed by atoms with Crippen molar-refractivity contribution < 1.29 is 13.2 Å². The number of aryl methyl sites for hydroxylation is 1. The number of thiophene rings is 1. The predicted molar refractivity (Wildman–Crippen MR) is 53.3 cm³/mol. The number of hydrogen-bond acceptors (Lipinski definition) is 4. The number of hydrogen-bond donors (Lipinski definition) is 0. The molecule has 0 saturated heterocycles. The maximum Gasteiger partial charge on any atom is 0.266 e. The van der Waals surface area contributed by atoms with Crippen molar-refractivity contribution in [2.45, 2.75) is 18.7 Å². The van der Waals surface area contributed by atoms with Crippen LogP contribution in [0.4, 0.5) is 0 Å². The first-order valence-corrected chi connectivity index (χ1v) is 6.81. The van der Waals surface area contributed by atoms with Crippen LogP contribution in [0.2, 0.25) is 0 Å². The van der Waals surface area contributed by atoms with Gasteiger partial charge in [0.25, 0.3) is 9.05 Å². The van der Waals surface area contributed by atoms with Crippen LogP contribution < -0.4 is 4.74 Å². The lowest BCUT2D eigenvalue weighted by atomic mass is 10.5. The van der Waals surface area contributed by atoms with Crippen molar-refractivity contribution in [3.8, 4) is 5.75 Å². The zero-order valence-corrected chi connectivity index (χ0v) is 9.59. The molecule has 1 aromatic heterocycles. The molecule has 0 amide bonds. The van der Waals surface area contributed by atoms with Crippen molar-refractivity contribution in [2.75, 3.05) is 6.61 Å². The maximum atomic E-state index is 11.1. The van der Waals surface area contributed by atoms with E-state index in [-0.39, 0.29) is 4.90 Å². The van der Waals surface area contributed by atoms with Gasteiger partial charge in [-0.3, -0.25) is 0 Å². The van der Waals surface area contributed by atoms with E-state index in [1.807, 2.05) is 0 Å². The fraction of sp³-hybridized carbons (Fsp3) is 0.429. The van der Waals surface area contributed by atoms with Crippen molar-refractivity contribution in [3.63, 3.8) is 0 Å². The second kappa shape index (κ2) is 3.86. The summed E-state index contributed by atoms with van der Waals surface area (Å²) in [5.41, 5.74) is 0. The Balaban J connectivity index is 3.25. The quantitative estimate of drug-likeness (QED) is 0.762. The zero-order chi connectivity index (χ0) is 10.1. The number of ether oxygens (including phenoxy) is 1. The molecule has 0 saturated carbocycles. The molecule has 0 bridgehead atoms. The third kappa shape index (κ3) is 2.36. The molecule has 0 aliphatic rings. The first kappa shape index (κ1) is 10.8. The standard InChI is InChI=1S/C7H9ClO3S2/c1-3-11-6-4-12-5(2)7(6)13(8,9)10/h4H,3H2,1-2H3. The van der Waals surface area contributed by atoms with Gasteiger partial charge >= 0.3 is 0 Å². The zero-order valence-electron chi connectivity index (χ0n) is 7.20. The highest BCUT2D eigenvalue weighted by molar-refractivity contribution is 8.14. The Labute approximate surface area is 85.7 Å². The monoisotopic (exact) mass is 240 g/mol. The van der Waals surface area contributed by atoms with E-state index in [9.17, 15) is 8.42 Å². The molecule has 0 spiro atoms. The minimum atomic E-state index is -3.69. The molecule has 0 unspecified atom stereocenters. The molecule has 1 rings (SSSR count). The van der Waals surface area contributed by atoms with Crippen LogP contribution in [0, 0.1) is 6.92 Å². The molecule has 3 nitrogen and oxygen atoms in total. The average Bonchev–Trinajstić information content (AvgIpc) is 2.31. The fourth-order valence-corrected chi connectivity index (χ4v) is 3.61. The molecule has 0 radical (unpaired) electrons. The number of rotatable bonds is 3. The Kier molecular flexibility index (Phi) is 3.21. The van der Waals surface area contributed by atoms with Gasteiger partial charge in [0.05, 0.1) is 6.61 Å². The van der Waals surface area contributed by atoms with E-state index >= 15 is 0 Å². The van der Waals surface area contributed by atoms with Crippen LogP contribution in [0.25, 0.3) is 0 Å². The van der Waals surface area contributed by atoms with Gasteiger partial charge in [0.2, 0.25) is 0 Å². The predicted octanol–water partition coefficient (Wildman–Crippen LogP) is 2.38. The molecule has 1 aromatic rings. The molecule has 0 aromatic carbocycles. The van der Waals surface area contributed by atoms with Crippen molar-refractivity contribution >= 4 is 31.1 Å². The van der Waals surface area contributed by atoms with Gasteiger partial charge in [-0.05, 0) is 13.8 Å². The van der Waals surface area contributed by atoms with Crippen LogP contribution in [0.3, 0.4) is 0 Å². The average molecular weight is 241 g/mol. The van der Waals surface area contributed by atoms with Crippen LogP contribution in [0.5, 0.6) is 5.75 Å². The van der Waals surface area contributed by atoms with Gasteiger partial charge in [0.15, 0.2) is 0 Å². The smallest absolute Gasteiger partial charge is 0.266 e. The van der Waals surface area contributed by atoms with Gasteiger partial charge in [-0.25, -0.2) is 8.42 Å². The van der Waals surface area contributed by atoms with Crippen molar-refractivity contribution in [2.24, 2.45) is 0 Å². The Morgan fingerprint density at radius 1 is 1.62 bits per heavy atom. The van der Waals surface area contributed by atoms with Crippen molar-refractivity contribution in [3.05, 3.63) is 10.3 Å². The van der Waals surface area contributed by atoms with Gasteiger partial charge in [0.1, 0.15) is 10.6 Å². The number of halogens is 1. The first-order valence-electron chi connectivity index (χ1n) is 3.62. The summed E-state index contributed by atoms with van der Waals surface area (Å²) in [6.07, 6.45) is 0. The second-order valence-electron chi connectivity index (χ2n) is 2.36. The van der Waals surface area contributed by atoms with Gasteiger partial charge in [-0.15, -0.1) is 11.3 Å². The Morgan fingerprint density at radius 3 is 2.69 bits per heavy atom. The molecule has 0 aliphatic carbocycles. The van der Waals surface area contributed by atoms with E-state index in [0.717, 1.165) is 0 Å². The Bertz CT molecular complexity index is 394. The van der Waals surface area contributed by atoms with Crippen LogP contribution in [-0.4, -0.2) is 15.0 Å². The highest BCUT2D eigenvalue weighted by Gasteiger charge is 2.21. The summed E-state index contributed by atoms with van der Waals surface area (Å²) in [5.74, 6) is 0.347. The van der Waals surface area contributed by atoms with Crippen molar-refractivity contribution in [1.29, 1.82) is 0 Å². The van der Waals surface area contributed by atoms with Crippen LogP contribution in [0.1, 0.15) is 11.8 Å². The first-order chi connectivity index (χ1) is 5.96. The van der Waals surface area contributed by atoms with E-state index in [0.29, 0.717) is 17.2 Å². The molecule has 6 heteroatoms. The van der Waals surface area contributed by atoms with Gasteiger partial charge in [-0.2, -0.15) is 0 Å². The molecule has 0 atom stereocenters. The molecule has 0 fully saturated rings. The molecule has 0 aliphatic heterocycles. The molecule has 0 N–H and O–H groups in total. The summed E-state index contributed by atoms with van der Waals surface area (Å²) in [5, 5.41) is 1.65. The molecule has 1 heterocycles. The summed E-state index contributed by atoms with van der Waals surface area (Å²) in [6, 6.07) is 0. The summed E-state index contributed by atoms with van der Waals surface area (Å²) >= 11 is 1.31. The molecule has 74 valence electrons. The van der Waals surface area contributed by atoms with Crippen LogP contribution in [0.15, 0.2) is 10.3 Å². The largest absolute Gasteiger partial charge is 0.492 e. The van der Waals surface area contributed by atoms with Gasteiger partial charge in [0, 0.05) is 20.9 Å². The lowest BCUT2D eigenvalue weighted by Crippen LogP contribution is -1.97. The normalized spacial score (nSPS) is 11.6. The second-order valence-corrected chi connectivity index (χ2v) is 5.94. The van der Waals surface area contributed by atoms with E-state index in [1.54, 1.807) is 19.2 Å². The van der Waals surface area contributed by atoms with Gasteiger partial charge < -0.3 is 4.74 Å². The summed E-state index contributed by atoms with van der Waals surface area (Å²) in [4.78, 5) is 0.750. The SMILES string of the molecule is CCOc1csc(C)c1S(=O)(=O)Cl. The van der Waals surface area contributed by atoms with Crippen molar-refractivity contribution in [1.82, 2.24) is 0 Å². The van der Waals surface area contributed by atoms with Gasteiger partial charge in [-0.1, -0.05) is 0 Å². The minimum absolute atomic E-state index is 0.0982. The van der Waals surface area contributed by atoms with E-state index in [2.05, 4.69) is 0 Å². The van der Waals surface area contributed by atoms with Crippen LogP contribution >= 0.6 is 22.0 Å². The topological polar surface area (TPSA) is 43.4 Å². The Hall–Kier alpha value is -0.260. The lowest BCUT2D eigenvalue weighted by molar-refractivity contribution is 0.333. The molecule has 13 heavy (non-hydrogen) atoms. The highest BCUT2D eigenvalue weighted by atomic mass is 35.7. The lowest BCUT2D eigenvalue weighted by Gasteiger charge is -2.02. The van der Waals surface area contributed by atoms with E-state index < -0.39 is 9.05 Å². The fourth-order valence-electron chi connectivity index (χ4n) is 0.969. The summed E-state index contributed by atoms with van der Waals surface area (Å²) < 4.78 is 27.3. The minimum Gasteiger partial charge on any atom is -0.492 e. The third-order valence-electron chi connectivity index (χ3n) is 1.43. The third-order valence-corrected chi connectivity index (χ3v) is 3.91. The molecular weight excluding hydrogens is 232 g/mol. The summed E-state index contributed by atoms with van der Waals surface area (Å²) in [7, 11) is 1.56. The van der Waals surface area contributed by atoms with E-state index in [1.165, 1.54) is 11.3 Å². The highest BCUT2D eigenvalue weighted by Crippen LogP contribution is 2.35. The maximum absolute atomic E-state index is 11.1. The van der Waals surface area contributed by atoms with Crippen LogP contribution in [-0.2, 0) is 9.05 Å². The summed E-state index contributed by atoms with van der Waals surface area (Å²) in [6.45, 7) is 3.91.